The van der Waals surface area contributed by atoms with E-state index in [-0.39, 0.29) is 18.8 Å². The van der Waals surface area contributed by atoms with Gasteiger partial charge in [-0.25, -0.2) is 13.1 Å². The molecule has 7 nitrogen and oxygen atoms in total. The van der Waals surface area contributed by atoms with Gasteiger partial charge in [0.25, 0.3) is 11.8 Å². The van der Waals surface area contributed by atoms with Gasteiger partial charge < -0.3 is 4.98 Å². The number of para-hydroxylation sites is 1. The van der Waals surface area contributed by atoms with E-state index in [1.807, 2.05) is 24.3 Å². The average molecular weight is 383 g/mol. The lowest BCUT2D eigenvalue weighted by Crippen LogP contribution is -2.37. The topological polar surface area (TPSA) is 99.3 Å². The van der Waals surface area contributed by atoms with Crippen LogP contribution in [0.3, 0.4) is 0 Å². The predicted molar refractivity (Wildman–Crippen MR) is 101 cm³/mol. The molecular weight excluding hydrogens is 366 g/mol. The first-order chi connectivity index (χ1) is 13.0. The van der Waals surface area contributed by atoms with Crippen LogP contribution in [-0.4, -0.2) is 42.4 Å². The molecular formula is C19H17N3O4S. The fraction of sp³-hybridized carbons (Fsp3) is 0.158. The predicted octanol–water partition coefficient (Wildman–Crippen LogP) is 1.88. The van der Waals surface area contributed by atoms with Crippen LogP contribution in [0, 0.1) is 0 Å². The smallest absolute Gasteiger partial charge is 0.261 e. The summed E-state index contributed by atoms with van der Waals surface area (Å²) in [6.45, 7) is -0.0516. The number of nitrogens with one attached hydrogen (secondary N) is 2. The number of benzene rings is 2. The summed E-state index contributed by atoms with van der Waals surface area (Å²) in [7, 11) is -3.66. The molecule has 0 saturated heterocycles. The maximum Gasteiger partial charge on any atom is 0.261 e. The lowest BCUT2D eigenvalue weighted by Gasteiger charge is -2.14. The van der Waals surface area contributed by atoms with Gasteiger partial charge in [-0.1, -0.05) is 30.3 Å². The van der Waals surface area contributed by atoms with Gasteiger partial charge in [-0.05, 0) is 23.8 Å². The van der Waals surface area contributed by atoms with E-state index in [2.05, 4.69) is 9.71 Å². The van der Waals surface area contributed by atoms with Crippen LogP contribution in [0.15, 0.2) is 54.7 Å². The molecule has 2 N–H and O–H groups in total. The van der Waals surface area contributed by atoms with Gasteiger partial charge in [-0.2, -0.15) is 0 Å². The average Bonchev–Trinajstić information content (AvgIpc) is 3.19. The van der Waals surface area contributed by atoms with Crippen LogP contribution >= 0.6 is 0 Å². The van der Waals surface area contributed by atoms with Crippen molar-refractivity contribution in [3.8, 4) is 0 Å². The fourth-order valence-electron chi connectivity index (χ4n) is 3.19. The van der Waals surface area contributed by atoms with Crippen LogP contribution < -0.4 is 4.72 Å². The first-order valence-corrected chi connectivity index (χ1v) is 10.1. The molecule has 1 aliphatic rings. The molecule has 0 radical (unpaired) electrons. The molecule has 0 unspecified atom stereocenters. The second kappa shape index (κ2) is 6.64. The molecule has 2 aromatic carbocycles. The number of hydrogen-bond acceptors (Lipinski definition) is 4. The Hall–Kier alpha value is -2.97. The number of rotatable bonds is 6. The number of nitrogens with zero attached hydrogens (tertiary/aromatic N) is 1. The summed E-state index contributed by atoms with van der Waals surface area (Å²) in [5.74, 6) is -1.26. The molecule has 4 rings (SSSR count). The summed E-state index contributed by atoms with van der Waals surface area (Å²) < 4.78 is 27.2. The van der Waals surface area contributed by atoms with E-state index in [9.17, 15) is 18.0 Å². The van der Waals surface area contributed by atoms with Gasteiger partial charge in [-0.3, -0.25) is 14.5 Å². The van der Waals surface area contributed by atoms with E-state index in [1.165, 1.54) is 0 Å². The lowest BCUT2D eigenvalue weighted by molar-refractivity contribution is 0.0664. The third kappa shape index (κ3) is 3.24. The van der Waals surface area contributed by atoms with Gasteiger partial charge in [0.15, 0.2) is 0 Å². The van der Waals surface area contributed by atoms with Crippen molar-refractivity contribution in [1.29, 1.82) is 0 Å². The van der Waals surface area contributed by atoms with Gasteiger partial charge in [0, 0.05) is 30.2 Å². The molecule has 1 aliphatic heterocycles. The molecule has 0 atom stereocenters. The quantitative estimate of drug-likeness (QED) is 0.635. The molecule has 0 aliphatic carbocycles. The fourth-order valence-corrected chi connectivity index (χ4v) is 4.13. The summed E-state index contributed by atoms with van der Waals surface area (Å²) in [5, 5.41) is 0.945. The van der Waals surface area contributed by atoms with Crippen LogP contribution in [-0.2, 0) is 16.6 Å². The van der Waals surface area contributed by atoms with Crippen molar-refractivity contribution in [3.05, 3.63) is 71.4 Å². The zero-order valence-corrected chi connectivity index (χ0v) is 15.1. The third-order valence-corrected chi connectivity index (χ3v) is 5.92. The minimum atomic E-state index is -3.66. The Morgan fingerprint density at radius 1 is 0.926 bits per heavy atom. The molecule has 0 fully saturated rings. The SMILES string of the molecule is O=C1c2ccccc2C(=O)N1CCS(=O)(=O)NCc1c[nH]c2ccccc12. The van der Waals surface area contributed by atoms with E-state index in [0.29, 0.717) is 11.1 Å². The summed E-state index contributed by atoms with van der Waals surface area (Å²) >= 11 is 0. The van der Waals surface area contributed by atoms with Gasteiger partial charge in [0.1, 0.15) is 0 Å². The number of aromatic amines is 1. The lowest BCUT2D eigenvalue weighted by atomic mass is 10.1. The van der Waals surface area contributed by atoms with E-state index in [4.69, 9.17) is 0 Å². The van der Waals surface area contributed by atoms with Crippen LogP contribution in [0.25, 0.3) is 10.9 Å². The highest BCUT2D eigenvalue weighted by molar-refractivity contribution is 7.89. The Morgan fingerprint density at radius 2 is 1.56 bits per heavy atom. The second-order valence-electron chi connectivity index (χ2n) is 6.31. The Kier molecular flexibility index (Phi) is 4.29. The highest BCUT2D eigenvalue weighted by Gasteiger charge is 2.35. The van der Waals surface area contributed by atoms with Crippen molar-refractivity contribution in [1.82, 2.24) is 14.6 Å². The minimum Gasteiger partial charge on any atom is -0.361 e. The monoisotopic (exact) mass is 383 g/mol. The molecule has 27 heavy (non-hydrogen) atoms. The molecule has 1 aromatic heterocycles. The summed E-state index contributed by atoms with van der Waals surface area (Å²) in [6, 6.07) is 14.1. The number of aromatic nitrogens is 1. The van der Waals surface area contributed by atoms with Crippen molar-refractivity contribution >= 4 is 32.7 Å². The second-order valence-corrected chi connectivity index (χ2v) is 8.23. The van der Waals surface area contributed by atoms with Crippen LogP contribution in [0.2, 0.25) is 0 Å². The van der Waals surface area contributed by atoms with Crippen LogP contribution in [0.5, 0.6) is 0 Å². The number of carbonyl (C=O) groups is 2. The van der Waals surface area contributed by atoms with Gasteiger partial charge in [0.05, 0.1) is 16.9 Å². The van der Waals surface area contributed by atoms with Gasteiger partial charge >= 0.3 is 0 Å². The minimum absolute atomic E-state index is 0.133. The Balaban J connectivity index is 1.41. The first kappa shape index (κ1) is 17.4. The summed E-state index contributed by atoms with van der Waals surface area (Å²) in [6.07, 6.45) is 1.76. The van der Waals surface area contributed by atoms with Crippen LogP contribution in [0.4, 0.5) is 0 Å². The maximum atomic E-state index is 12.3. The number of fused-ring (bicyclic) bond motifs is 2. The van der Waals surface area contributed by atoms with Crippen molar-refractivity contribution in [2.75, 3.05) is 12.3 Å². The van der Waals surface area contributed by atoms with Gasteiger partial charge in [-0.15, -0.1) is 0 Å². The van der Waals surface area contributed by atoms with Crippen molar-refractivity contribution in [2.45, 2.75) is 6.54 Å². The van der Waals surface area contributed by atoms with E-state index >= 15 is 0 Å². The van der Waals surface area contributed by atoms with Crippen molar-refractivity contribution < 1.29 is 18.0 Å². The zero-order valence-electron chi connectivity index (χ0n) is 14.3. The number of amides is 2. The third-order valence-electron chi connectivity index (χ3n) is 4.62. The number of H-pyrrole nitrogens is 1. The maximum absolute atomic E-state index is 12.3. The summed E-state index contributed by atoms with van der Waals surface area (Å²) in [5.41, 5.74) is 2.38. The van der Waals surface area contributed by atoms with E-state index in [0.717, 1.165) is 21.4 Å². The van der Waals surface area contributed by atoms with Crippen molar-refractivity contribution in [3.63, 3.8) is 0 Å². The molecule has 0 saturated carbocycles. The number of sulfonamides is 1. The molecule has 3 aromatic rings. The largest absolute Gasteiger partial charge is 0.361 e. The van der Waals surface area contributed by atoms with E-state index in [1.54, 1.807) is 30.5 Å². The molecule has 0 bridgehead atoms. The summed E-state index contributed by atoms with van der Waals surface area (Å²) in [4.78, 5) is 28.7. The molecule has 0 spiro atoms. The Bertz CT molecular complexity index is 1120. The highest BCUT2D eigenvalue weighted by Crippen LogP contribution is 2.22. The van der Waals surface area contributed by atoms with Crippen molar-refractivity contribution in [2.24, 2.45) is 0 Å². The molecule has 2 amide bonds. The first-order valence-electron chi connectivity index (χ1n) is 8.44. The zero-order chi connectivity index (χ0) is 19.0. The normalized spacial score (nSPS) is 14.1. The number of imide groups is 1. The molecule has 138 valence electrons. The van der Waals surface area contributed by atoms with E-state index < -0.39 is 21.8 Å². The number of hydrogen-bond donors (Lipinski definition) is 2. The Labute approximate surface area is 156 Å². The standard InChI is InChI=1S/C19H17N3O4S/c23-18-15-6-1-2-7-16(15)19(24)22(18)9-10-27(25,26)21-12-13-11-20-17-8-4-3-5-14(13)17/h1-8,11,20-21H,9-10,12H2. The Morgan fingerprint density at radius 3 is 2.26 bits per heavy atom. The molecule has 8 heteroatoms. The van der Waals surface area contributed by atoms with Crippen LogP contribution in [0.1, 0.15) is 26.3 Å². The van der Waals surface area contributed by atoms with Gasteiger partial charge in [0.2, 0.25) is 10.0 Å². The molecule has 2 heterocycles. The highest BCUT2D eigenvalue weighted by atomic mass is 32.2. The number of carbonyl (C=O) groups excluding carboxylic acids is 2.